The van der Waals surface area contributed by atoms with E-state index in [2.05, 4.69) is 45.1 Å². The van der Waals surface area contributed by atoms with Crippen LogP contribution in [0.25, 0.3) is 0 Å². The lowest BCUT2D eigenvalue weighted by Crippen LogP contribution is -2.30. The summed E-state index contributed by atoms with van der Waals surface area (Å²) in [4.78, 5) is 37.9. The van der Waals surface area contributed by atoms with Crippen LogP contribution in [0.1, 0.15) is 271 Å². The Kier molecular flexibility index (Phi) is 45.8. The molecule has 0 heterocycles. The smallest absolute Gasteiger partial charge is 0.306 e. The predicted octanol–water partition coefficient (Wildman–Crippen LogP) is 16.4. The Labute approximate surface area is 360 Å². The zero-order chi connectivity index (χ0) is 42.3. The highest BCUT2D eigenvalue weighted by molar-refractivity contribution is 5.71. The molecule has 1 atom stereocenters. The summed E-state index contributed by atoms with van der Waals surface area (Å²) in [6.45, 7) is 6.62. The number of hydrogen-bond donors (Lipinski definition) is 0. The predicted molar refractivity (Wildman–Crippen MR) is 247 cm³/mol. The fourth-order valence-corrected chi connectivity index (χ4v) is 7.36. The molecule has 0 fully saturated rings. The third-order valence-corrected chi connectivity index (χ3v) is 11.2. The van der Waals surface area contributed by atoms with Gasteiger partial charge < -0.3 is 14.2 Å². The van der Waals surface area contributed by atoms with Crippen LogP contribution < -0.4 is 0 Å². The number of carbonyl (C=O) groups excluding carboxylic acids is 3. The summed E-state index contributed by atoms with van der Waals surface area (Å²) in [5.41, 5.74) is 0. The molecule has 6 nitrogen and oxygen atoms in total. The normalized spacial score (nSPS) is 12.1. The molecule has 0 aromatic rings. The number of esters is 3. The summed E-state index contributed by atoms with van der Waals surface area (Å²) in [6.07, 6.45) is 52.9. The summed E-state index contributed by atoms with van der Waals surface area (Å²) in [6, 6.07) is 0. The van der Waals surface area contributed by atoms with Crippen LogP contribution in [0.4, 0.5) is 0 Å². The van der Waals surface area contributed by atoms with E-state index in [0.29, 0.717) is 19.3 Å². The van der Waals surface area contributed by atoms with Crippen molar-refractivity contribution in [2.75, 3.05) is 13.2 Å². The molecule has 0 unspecified atom stereocenters. The maximum Gasteiger partial charge on any atom is 0.306 e. The molecule has 0 bridgehead atoms. The minimum absolute atomic E-state index is 0.0710. The van der Waals surface area contributed by atoms with Crippen LogP contribution in [0.5, 0.6) is 0 Å². The van der Waals surface area contributed by atoms with E-state index in [-0.39, 0.29) is 31.1 Å². The van der Waals surface area contributed by atoms with Crippen LogP contribution >= 0.6 is 0 Å². The topological polar surface area (TPSA) is 78.9 Å². The van der Waals surface area contributed by atoms with Crippen molar-refractivity contribution in [1.29, 1.82) is 0 Å². The van der Waals surface area contributed by atoms with E-state index < -0.39 is 6.10 Å². The fraction of sp³-hybridized carbons (Fsp3) is 0.865. The SMILES string of the molecule is CCCCC/C=C\C/C=C\CCCCCCCC(=O)OC[C@H](COC(=O)CCCCCCCCCCCCCC)OC(=O)CCCCCCCCCCCCCCC. The molecule has 58 heavy (non-hydrogen) atoms. The Bertz CT molecular complexity index is 942. The van der Waals surface area contributed by atoms with E-state index in [1.165, 1.54) is 154 Å². The second kappa shape index (κ2) is 47.6. The van der Waals surface area contributed by atoms with Gasteiger partial charge in [-0.2, -0.15) is 0 Å². The number of carbonyl (C=O) groups is 3. The van der Waals surface area contributed by atoms with Gasteiger partial charge in [0.2, 0.25) is 0 Å². The summed E-state index contributed by atoms with van der Waals surface area (Å²) in [5, 5.41) is 0. The van der Waals surface area contributed by atoms with E-state index in [1.54, 1.807) is 0 Å². The van der Waals surface area contributed by atoms with E-state index >= 15 is 0 Å². The molecule has 0 saturated heterocycles. The van der Waals surface area contributed by atoms with Gasteiger partial charge in [-0.15, -0.1) is 0 Å². The largest absolute Gasteiger partial charge is 0.462 e. The first kappa shape index (κ1) is 55.9. The highest BCUT2D eigenvalue weighted by Crippen LogP contribution is 2.16. The van der Waals surface area contributed by atoms with Gasteiger partial charge in [0.05, 0.1) is 0 Å². The van der Waals surface area contributed by atoms with Gasteiger partial charge >= 0.3 is 17.9 Å². The van der Waals surface area contributed by atoms with Gasteiger partial charge in [-0.3, -0.25) is 14.4 Å². The van der Waals surface area contributed by atoms with E-state index in [9.17, 15) is 14.4 Å². The van der Waals surface area contributed by atoms with Crippen molar-refractivity contribution in [1.82, 2.24) is 0 Å². The maximum atomic E-state index is 12.8. The standard InChI is InChI=1S/C52H96O6/c1-4-7-10-13-16-19-22-25-26-28-30-33-36-39-42-45-51(54)57-48-49(47-56-50(53)44-41-38-35-32-29-24-21-18-15-12-9-6-3)58-52(55)46-43-40-37-34-31-27-23-20-17-14-11-8-5-2/h16,19,25-26,49H,4-15,17-18,20-24,27-48H2,1-3H3/b19-16-,26-25-/t49-/m0/s1. The monoisotopic (exact) mass is 817 g/mol. The number of unbranched alkanes of at least 4 members (excludes halogenated alkanes) is 31. The maximum absolute atomic E-state index is 12.8. The van der Waals surface area contributed by atoms with Crippen molar-refractivity contribution in [3.05, 3.63) is 24.3 Å². The molecule has 0 N–H and O–H groups in total. The first-order valence-electron chi connectivity index (χ1n) is 25.3. The second-order valence-electron chi connectivity index (χ2n) is 17.1. The van der Waals surface area contributed by atoms with Crippen LogP contribution in [0.2, 0.25) is 0 Å². The average Bonchev–Trinajstić information content (AvgIpc) is 3.22. The van der Waals surface area contributed by atoms with Crippen molar-refractivity contribution >= 4 is 17.9 Å². The fourth-order valence-electron chi connectivity index (χ4n) is 7.36. The molecule has 0 aliphatic carbocycles. The lowest BCUT2D eigenvalue weighted by Gasteiger charge is -2.18. The zero-order valence-electron chi connectivity index (χ0n) is 38.8. The van der Waals surface area contributed by atoms with Gasteiger partial charge in [-0.25, -0.2) is 0 Å². The first-order valence-corrected chi connectivity index (χ1v) is 25.3. The van der Waals surface area contributed by atoms with Crippen molar-refractivity contribution in [3.63, 3.8) is 0 Å². The highest BCUT2D eigenvalue weighted by atomic mass is 16.6. The molecule has 6 heteroatoms. The number of hydrogen-bond acceptors (Lipinski definition) is 6. The molecule has 0 spiro atoms. The molecule has 0 radical (unpaired) electrons. The van der Waals surface area contributed by atoms with Crippen molar-refractivity contribution < 1.29 is 28.6 Å². The summed E-state index contributed by atoms with van der Waals surface area (Å²) in [5.74, 6) is -0.873. The van der Waals surface area contributed by atoms with E-state index in [1.807, 2.05) is 0 Å². The second-order valence-corrected chi connectivity index (χ2v) is 17.1. The minimum Gasteiger partial charge on any atom is -0.462 e. The van der Waals surface area contributed by atoms with E-state index in [4.69, 9.17) is 14.2 Å². The molecular formula is C52H96O6. The summed E-state index contributed by atoms with van der Waals surface area (Å²) >= 11 is 0. The Balaban J connectivity index is 4.36. The van der Waals surface area contributed by atoms with Gasteiger partial charge in [0.1, 0.15) is 13.2 Å². The van der Waals surface area contributed by atoms with Gasteiger partial charge in [0.25, 0.3) is 0 Å². The first-order chi connectivity index (χ1) is 28.5. The van der Waals surface area contributed by atoms with Gasteiger partial charge in [0, 0.05) is 19.3 Å². The Morgan fingerprint density at radius 2 is 0.621 bits per heavy atom. The minimum atomic E-state index is -0.769. The molecule has 0 aliphatic rings. The van der Waals surface area contributed by atoms with Gasteiger partial charge in [-0.1, -0.05) is 225 Å². The van der Waals surface area contributed by atoms with Gasteiger partial charge in [0.15, 0.2) is 6.10 Å². The molecule has 340 valence electrons. The molecule has 0 rings (SSSR count). The third-order valence-electron chi connectivity index (χ3n) is 11.2. The van der Waals surface area contributed by atoms with Crippen LogP contribution in [0.3, 0.4) is 0 Å². The summed E-state index contributed by atoms with van der Waals surface area (Å²) < 4.78 is 16.8. The summed E-state index contributed by atoms with van der Waals surface area (Å²) in [7, 11) is 0. The number of allylic oxidation sites excluding steroid dienone is 4. The van der Waals surface area contributed by atoms with Crippen molar-refractivity contribution in [2.24, 2.45) is 0 Å². The Morgan fingerprint density at radius 3 is 0.983 bits per heavy atom. The third kappa shape index (κ3) is 45.0. The van der Waals surface area contributed by atoms with Crippen LogP contribution in [0, 0.1) is 0 Å². The Morgan fingerprint density at radius 1 is 0.345 bits per heavy atom. The van der Waals surface area contributed by atoms with Crippen LogP contribution in [0.15, 0.2) is 24.3 Å². The Hall–Kier alpha value is -2.11. The van der Waals surface area contributed by atoms with Crippen molar-refractivity contribution in [2.45, 2.75) is 277 Å². The average molecular weight is 817 g/mol. The highest BCUT2D eigenvalue weighted by Gasteiger charge is 2.19. The zero-order valence-corrected chi connectivity index (χ0v) is 38.8. The lowest BCUT2D eigenvalue weighted by atomic mass is 10.0. The molecule has 0 aromatic carbocycles. The molecular weight excluding hydrogens is 721 g/mol. The number of rotatable bonds is 46. The van der Waals surface area contributed by atoms with E-state index in [0.717, 1.165) is 77.0 Å². The molecule has 0 aliphatic heterocycles. The van der Waals surface area contributed by atoms with Crippen molar-refractivity contribution in [3.8, 4) is 0 Å². The van der Waals surface area contributed by atoms with Gasteiger partial charge in [-0.05, 0) is 51.4 Å². The lowest BCUT2D eigenvalue weighted by molar-refractivity contribution is -0.167. The van der Waals surface area contributed by atoms with Crippen LogP contribution in [-0.2, 0) is 28.6 Å². The molecule has 0 aromatic heterocycles. The molecule has 0 saturated carbocycles. The van der Waals surface area contributed by atoms with Crippen LogP contribution in [-0.4, -0.2) is 37.2 Å². The quantitative estimate of drug-likeness (QED) is 0.0263. The molecule has 0 amide bonds. The number of ether oxygens (including phenoxy) is 3.